The molecule has 4 rings (SSSR count). The third-order valence-corrected chi connectivity index (χ3v) is 6.32. The Balaban J connectivity index is 1.43. The summed E-state index contributed by atoms with van der Waals surface area (Å²) >= 11 is 0. The highest BCUT2D eigenvalue weighted by atomic mass is 16.2. The molecule has 1 aliphatic carbocycles. The largest absolute Gasteiger partial charge is 0.342 e. The second-order valence-corrected chi connectivity index (χ2v) is 8.65. The van der Waals surface area contributed by atoms with Crippen molar-refractivity contribution in [3.05, 3.63) is 18.1 Å². The highest BCUT2D eigenvalue weighted by Crippen LogP contribution is 2.32. The van der Waals surface area contributed by atoms with E-state index in [1.165, 1.54) is 25.7 Å². The molecule has 2 aromatic heterocycles. The smallest absolute Gasteiger partial charge is 0.222 e. The van der Waals surface area contributed by atoms with Gasteiger partial charge in [-0.1, -0.05) is 25.7 Å². The molecule has 7 heteroatoms. The Bertz CT molecular complexity index is 810. The molecule has 0 spiro atoms. The molecule has 1 saturated carbocycles. The first-order valence-corrected chi connectivity index (χ1v) is 10.7. The van der Waals surface area contributed by atoms with Gasteiger partial charge in [-0.3, -0.25) is 4.79 Å². The summed E-state index contributed by atoms with van der Waals surface area (Å²) in [6.07, 6.45) is 11.5. The van der Waals surface area contributed by atoms with Crippen LogP contribution < -0.4 is 0 Å². The average molecular weight is 385 g/mol. The molecule has 0 aromatic carbocycles. The maximum Gasteiger partial charge on any atom is 0.222 e. The average Bonchev–Trinajstić information content (AvgIpc) is 3.43. The van der Waals surface area contributed by atoms with E-state index in [0.717, 1.165) is 61.8 Å². The number of rotatable bonds is 7. The van der Waals surface area contributed by atoms with Crippen molar-refractivity contribution in [1.29, 1.82) is 0 Å². The van der Waals surface area contributed by atoms with Crippen LogP contribution in [0.5, 0.6) is 0 Å². The molecule has 28 heavy (non-hydrogen) atoms. The molecule has 1 amide bonds. The number of aromatic nitrogens is 4. The number of nitrogens with zero attached hydrogens (tertiary/aromatic N) is 6. The van der Waals surface area contributed by atoms with Crippen LogP contribution >= 0.6 is 0 Å². The predicted octanol–water partition coefficient (Wildman–Crippen LogP) is 2.67. The Morgan fingerprint density at radius 2 is 1.96 bits per heavy atom. The Morgan fingerprint density at radius 3 is 2.75 bits per heavy atom. The molecule has 0 radical (unpaired) electrons. The van der Waals surface area contributed by atoms with Crippen LogP contribution in [0.2, 0.25) is 0 Å². The van der Waals surface area contributed by atoms with E-state index in [0.29, 0.717) is 12.3 Å². The Hall–Kier alpha value is -2.02. The molecular weight excluding hydrogens is 352 g/mol. The van der Waals surface area contributed by atoms with E-state index in [9.17, 15) is 4.79 Å². The molecule has 2 fully saturated rings. The van der Waals surface area contributed by atoms with Crippen LogP contribution in [0.15, 0.2) is 12.4 Å². The highest BCUT2D eigenvalue weighted by Gasteiger charge is 2.31. The fourth-order valence-electron chi connectivity index (χ4n) is 4.65. The highest BCUT2D eigenvalue weighted by molar-refractivity contribution is 5.77. The molecular formula is C21H32N6O. The van der Waals surface area contributed by atoms with E-state index < -0.39 is 0 Å². The lowest BCUT2D eigenvalue weighted by Gasteiger charge is -2.17. The van der Waals surface area contributed by atoms with E-state index in [1.807, 2.05) is 9.58 Å². The van der Waals surface area contributed by atoms with Crippen LogP contribution in [-0.2, 0) is 11.3 Å². The van der Waals surface area contributed by atoms with Crippen molar-refractivity contribution in [2.75, 3.05) is 33.7 Å². The number of fused-ring (bicyclic) bond motifs is 1. The Morgan fingerprint density at radius 1 is 1.18 bits per heavy atom. The van der Waals surface area contributed by atoms with Gasteiger partial charge in [-0.15, -0.1) is 0 Å². The molecule has 0 N–H and O–H groups in total. The van der Waals surface area contributed by atoms with Crippen molar-refractivity contribution < 1.29 is 4.79 Å². The maximum absolute atomic E-state index is 12.7. The fourth-order valence-corrected chi connectivity index (χ4v) is 4.65. The molecule has 1 saturated heterocycles. The van der Waals surface area contributed by atoms with Gasteiger partial charge in [0.1, 0.15) is 5.52 Å². The fraction of sp³-hybridized carbons (Fsp3) is 0.714. The van der Waals surface area contributed by atoms with E-state index in [1.54, 1.807) is 12.4 Å². The van der Waals surface area contributed by atoms with Gasteiger partial charge in [0, 0.05) is 44.4 Å². The van der Waals surface area contributed by atoms with Crippen molar-refractivity contribution in [3.8, 4) is 0 Å². The van der Waals surface area contributed by atoms with Crippen molar-refractivity contribution in [2.24, 2.45) is 5.92 Å². The molecule has 1 unspecified atom stereocenters. The topological polar surface area (TPSA) is 67.2 Å². The van der Waals surface area contributed by atoms with Gasteiger partial charge in [-0.25, -0.2) is 14.6 Å². The second kappa shape index (κ2) is 8.55. The molecule has 1 aliphatic heterocycles. The second-order valence-electron chi connectivity index (χ2n) is 8.65. The van der Waals surface area contributed by atoms with Gasteiger partial charge in [0.15, 0.2) is 5.65 Å². The molecule has 1 atom stereocenters. The summed E-state index contributed by atoms with van der Waals surface area (Å²) in [5.74, 6) is 1.35. The summed E-state index contributed by atoms with van der Waals surface area (Å²) in [6, 6.07) is 0. The van der Waals surface area contributed by atoms with E-state index in [2.05, 4.69) is 29.0 Å². The summed E-state index contributed by atoms with van der Waals surface area (Å²) < 4.78 is 1.97. The summed E-state index contributed by atoms with van der Waals surface area (Å²) in [5, 5.41) is 4.87. The van der Waals surface area contributed by atoms with Gasteiger partial charge < -0.3 is 9.80 Å². The van der Waals surface area contributed by atoms with Crippen molar-refractivity contribution in [3.63, 3.8) is 0 Å². The number of hydrogen-bond donors (Lipinski definition) is 0. The lowest BCUT2D eigenvalue weighted by molar-refractivity contribution is -0.130. The van der Waals surface area contributed by atoms with Crippen LogP contribution in [0.3, 0.4) is 0 Å². The Labute approximate surface area is 167 Å². The summed E-state index contributed by atoms with van der Waals surface area (Å²) in [6.45, 7) is 3.29. The first-order chi connectivity index (χ1) is 13.6. The molecule has 7 nitrogen and oxygen atoms in total. The van der Waals surface area contributed by atoms with Gasteiger partial charge in [0.25, 0.3) is 0 Å². The van der Waals surface area contributed by atoms with Gasteiger partial charge in [0.2, 0.25) is 5.91 Å². The monoisotopic (exact) mass is 384 g/mol. The zero-order chi connectivity index (χ0) is 19.5. The summed E-state index contributed by atoms with van der Waals surface area (Å²) in [5.41, 5.74) is 2.75. The predicted molar refractivity (Wildman–Crippen MR) is 109 cm³/mol. The molecule has 0 bridgehead atoms. The van der Waals surface area contributed by atoms with E-state index >= 15 is 0 Å². The minimum absolute atomic E-state index is 0.259. The first-order valence-electron chi connectivity index (χ1n) is 10.7. The lowest BCUT2D eigenvalue weighted by Crippen LogP contribution is -2.28. The summed E-state index contributed by atoms with van der Waals surface area (Å²) in [7, 11) is 4.12. The lowest BCUT2D eigenvalue weighted by atomic mass is 10.0. The van der Waals surface area contributed by atoms with Gasteiger partial charge in [0.05, 0.1) is 12.2 Å². The normalized spacial score (nSPS) is 20.7. The van der Waals surface area contributed by atoms with E-state index in [-0.39, 0.29) is 5.92 Å². The van der Waals surface area contributed by atoms with Crippen molar-refractivity contribution in [2.45, 2.75) is 57.4 Å². The number of carbonyl (C=O) groups is 1. The third-order valence-electron chi connectivity index (χ3n) is 6.32. The van der Waals surface area contributed by atoms with Crippen LogP contribution in [0.4, 0.5) is 0 Å². The minimum atomic E-state index is 0.259. The van der Waals surface area contributed by atoms with Crippen molar-refractivity contribution in [1.82, 2.24) is 29.5 Å². The van der Waals surface area contributed by atoms with Gasteiger partial charge >= 0.3 is 0 Å². The first kappa shape index (κ1) is 19.3. The SMILES string of the molecule is CN(C)CCn1nc(C2CCN(C(=O)CCC3CCCC3)C2)c2nccnc21. The van der Waals surface area contributed by atoms with E-state index in [4.69, 9.17) is 5.10 Å². The summed E-state index contributed by atoms with van der Waals surface area (Å²) in [4.78, 5) is 26.0. The number of likely N-dealkylation sites (N-methyl/N-ethyl adjacent to an activating group) is 1. The maximum atomic E-state index is 12.7. The number of likely N-dealkylation sites (tertiary alicyclic amines) is 1. The number of amides is 1. The van der Waals surface area contributed by atoms with Crippen LogP contribution in [0, 0.1) is 5.92 Å². The molecule has 152 valence electrons. The minimum Gasteiger partial charge on any atom is -0.342 e. The third kappa shape index (κ3) is 4.19. The standard InChI is InChI=1S/C21H32N6O/c1-25(2)13-14-27-21-20(22-10-11-23-21)19(24-27)17-9-12-26(15-17)18(28)8-7-16-5-3-4-6-16/h10-11,16-17H,3-9,12-15H2,1-2H3. The molecule has 2 aromatic rings. The number of carbonyl (C=O) groups excluding carboxylic acids is 1. The van der Waals surface area contributed by atoms with Gasteiger partial charge in [-0.05, 0) is 32.9 Å². The zero-order valence-corrected chi connectivity index (χ0v) is 17.2. The quantitative estimate of drug-likeness (QED) is 0.734. The van der Waals surface area contributed by atoms with Crippen LogP contribution in [0.1, 0.15) is 56.6 Å². The molecule has 3 heterocycles. The zero-order valence-electron chi connectivity index (χ0n) is 17.2. The molecule has 2 aliphatic rings. The van der Waals surface area contributed by atoms with Crippen LogP contribution in [0.25, 0.3) is 11.2 Å². The van der Waals surface area contributed by atoms with Gasteiger partial charge in [-0.2, -0.15) is 5.10 Å². The number of hydrogen-bond acceptors (Lipinski definition) is 5. The van der Waals surface area contributed by atoms with Crippen LogP contribution in [-0.4, -0.2) is 69.2 Å². The van der Waals surface area contributed by atoms with Crippen molar-refractivity contribution >= 4 is 17.1 Å². The Kier molecular flexibility index (Phi) is 5.90.